The first-order valence-electron chi connectivity index (χ1n) is 10.8. The molecule has 1 amide bonds. The Labute approximate surface area is 192 Å². The summed E-state index contributed by atoms with van der Waals surface area (Å²) in [6.45, 7) is 4.63. The van der Waals surface area contributed by atoms with Crippen molar-refractivity contribution in [3.8, 4) is 17.9 Å². The molecule has 0 saturated carbocycles. The van der Waals surface area contributed by atoms with E-state index >= 15 is 0 Å². The van der Waals surface area contributed by atoms with E-state index in [1.807, 2.05) is 36.9 Å². The number of nitriles is 2. The molecule has 166 valence electrons. The van der Waals surface area contributed by atoms with Crippen molar-refractivity contribution in [1.29, 1.82) is 10.5 Å². The Hall–Kier alpha value is -4.14. The van der Waals surface area contributed by atoms with Crippen LogP contribution in [-0.4, -0.2) is 28.3 Å². The fraction of sp³-hybridized carbons (Fsp3) is 0.280. The zero-order valence-electron chi connectivity index (χ0n) is 18.4. The lowest BCUT2D eigenvalue weighted by atomic mass is 10.0. The summed E-state index contributed by atoms with van der Waals surface area (Å²) in [7, 11) is 0. The average molecular weight is 441 g/mol. The average Bonchev–Trinajstić information content (AvgIpc) is 3.32. The van der Waals surface area contributed by atoms with Crippen LogP contribution in [0.5, 0.6) is 5.75 Å². The third-order valence-electron chi connectivity index (χ3n) is 5.57. The number of aromatic nitrogens is 2. The van der Waals surface area contributed by atoms with Crippen LogP contribution in [0.3, 0.4) is 0 Å². The molecule has 1 aliphatic rings. The highest BCUT2D eigenvalue weighted by Crippen LogP contribution is 2.36. The second kappa shape index (κ2) is 9.56. The van der Waals surface area contributed by atoms with Crippen molar-refractivity contribution in [3.63, 3.8) is 0 Å². The summed E-state index contributed by atoms with van der Waals surface area (Å²) in [5.41, 5.74) is 3.37. The van der Waals surface area contributed by atoms with E-state index in [1.165, 1.54) is 0 Å². The van der Waals surface area contributed by atoms with Gasteiger partial charge in [0, 0.05) is 17.8 Å². The van der Waals surface area contributed by atoms with E-state index in [-0.39, 0.29) is 11.9 Å². The number of nitrogens with one attached hydrogen (secondary N) is 2. The predicted octanol–water partition coefficient (Wildman–Crippen LogP) is 3.48. The van der Waals surface area contributed by atoms with Gasteiger partial charge in [-0.15, -0.1) is 0 Å². The Bertz CT molecular complexity index is 1230. The van der Waals surface area contributed by atoms with E-state index in [2.05, 4.69) is 27.9 Å². The Morgan fingerprint density at radius 1 is 1.18 bits per heavy atom. The van der Waals surface area contributed by atoms with E-state index in [0.717, 1.165) is 11.1 Å². The first-order valence-corrected chi connectivity index (χ1v) is 10.8. The maximum Gasteiger partial charge on any atom is 0.267 e. The number of hydrogen-bond acceptors (Lipinski definition) is 6. The molecule has 2 aromatic carbocycles. The maximum absolute atomic E-state index is 13.0. The van der Waals surface area contributed by atoms with Gasteiger partial charge in [0.05, 0.1) is 35.1 Å². The van der Waals surface area contributed by atoms with Crippen LogP contribution in [0.15, 0.2) is 54.9 Å². The van der Waals surface area contributed by atoms with Crippen LogP contribution >= 0.6 is 0 Å². The summed E-state index contributed by atoms with van der Waals surface area (Å²) in [6, 6.07) is 16.5. The number of amides is 1. The Balaban J connectivity index is 1.58. The first kappa shape index (κ1) is 22.1. The number of carbonyl (C=O) groups excluding carboxylic acids is 1. The number of benzene rings is 2. The summed E-state index contributed by atoms with van der Waals surface area (Å²) in [4.78, 5) is 13.0. The number of fused-ring (bicyclic) bond motifs is 1. The van der Waals surface area contributed by atoms with Crippen molar-refractivity contribution < 1.29 is 9.53 Å². The van der Waals surface area contributed by atoms with Crippen molar-refractivity contribution in [2.24, 2.45) is 0 Å². The molecule has 0 unspecified atom stereocenters. The van der Waals surface area contributed by atoms with Gasteiger partial charge < -0.3 is 15.4 Å². The topological polar surface area (TPSA) is 116 Å². The van der Waals surface area contributed by atoms with E-state index in [9.17, 15) is 10.1 Å². The first-order chi connectivity index (χ1) is 16.0. The van der Waals surface area contributed by atoms with Gasteiger partial charge in [-0.25, -0.2) is 0 Å². The molecule has 0 radical (unpaired) electrons. The minimum Gasteiger partial charge on any atom is -0.475 e. The molecular weight excluding hydrogens is 416 g/mol. The number of ether oxygens (including phenoxy) is 1. The molecule has 2 atom stereocenters. The van der Waals surface area contributed by atoms with Gasteiger partial charge in [0.1, 0.15) is 6.07 Å². The van der Waals surface area contributed by atoms with Gasteiger partial charge in [-0.1, -0.05) is 18.2 Å². The van der Waals surface area contributed by atoms with Gasteiger partial charge in [0.25, 0.3) is 5.91 Å². The van der Waals surface area contributed by atoms with Crippen LogP contribution in [0.25, 0.3) is 0 Å². The molecule has 0 saturated heterocycles. The third kappa shape index (κ3) is 4.72. The van der Waals surface area contributed by atoms with Crippen LogP contribution in [0.2, 0.25) is 0 Å². The summed E-state index contributed by atoms with van der Waals surface area (Å²) in [6.07, 6.45) is 3.47. The number of para-hydroxylation sites is 1. The minimum absolute atomic E-state index is 0.171. The fourth-order valence-electron chi connectivity index (χ4n) is 3.77. The van der Waals surface area contributed by atoms with E-state index in [4.69, 9.17) is 10.00 Å². The number of carbonyl (C=O) groups is 1. The molecule has 1 aromatic heterocycles. The number of hydrogen-bond donors (Lipinski definition) is 2. The molecule has 2 heterocycles. The van der Waals surface area contributed by atoms with Crippen LogP contribution in [0.1, 0.15) is 48.2 Å². The number of rotatable bonds is 7. The van der Waals surface area contributed by atoms with E-state index < -0.39 is 12.1 Å². The number of anilines is 1. The summed E-state index contributed by atoms with van der Waals surface area (Å²) in [5.74, 6) is 0.0884. The minimum atomic E-state index is -0.877. The molecule has 8 heteroatoms. The highest BCUT2D eigenvalue weighted by Gasteiger charge is 2.37. The molecule has 8 nitrogen and oxygen atoms in total. The normalized spacial score (nSPS) is 15.7. The molecule has 0 aliphatic carbocycles. The quantitative estimate of drug-likeness (QED) is 0.581. The van der Waals surface area contributed by atoms with E-state index in [1.54, 1.807) is 36.5 Å². The van der Waals surface area contributed by atoms with Crippen LogP contribution in [0, 0.1) is 22.7 Å². The number of nitrogens with zero attached hydrogens (tertiary/aromatic N) is 4. The zero-order valence-corrected chi connectivity index (χ0v) is 18.4. The zero-order chi connectivity index (χ0) is 23.4. The van der Waals surface area contributed by atoms with Gasteiger partial charge >= 0.3 is 0 Å². The third-order valence-corrected chi connectivity index (χ3v) is 5.57. The molecule has 2 N–H and O–H groups in total. The molecule has 0 bridgehead atoms. The molecule has 33 heavy (non-hydrogen) atoms. The van der Waals surface area contributed by atoms with Gasteiger partial charge in [-0.3, -0.25) is 9.48 Å². The van der Waals surface area contributed by atoms with Gasteiger partial charge in [0.2, 0.25) is 0 Å². The molecule has 1 aliphatic heterocycles. The van der Waals surface area contributed by atoms with Crippen LogP contribution < -0.4 is 15.4 Å². The molecule has 0 spiro atoms. The summed E-state index contributed by atoms with van der Waals surface area (Å²) >= 11 is 0. The van der Waals surface area contributed by atoms with Gasteiger partial charge in [0.15, 0.2) is 11.9 Å². The summed E-state index contributed by atoms with van der Waals surface area (Å²) < 4.78 is 7.95. The highest BCUT2D eigenvalue weighted by molar-refractivity contribution is 5.98. The fourth-order valence-corrected chi connectivity index (χ4v) is 3.77. The molecule has 3 aromatic rings. The molecular formula is C25H24N6O2. The second-order valence-corrected chi connectivity index (χ2v) is 8.16. The Morgan fingerprint density at radius 2 is 1.97 bits per heavy atom. The lowest BCUT2D eigenvalue weighted by Gasteiger charge is -2.32. The van der Waals surface area contributed by atoms with Crippen LogP contribution in [0.4, 0.5) is 5.69 Å². The Kier molecular flexibility index (Phi) is 6.39. The predicted molar refractivity (Wildman–Crippen MR) is 122 cm³/mol. The lowest BCUT2D eigenvalue weighted by Crippen LogP contribution is -2.47. The monoisotopic (exact) mass is 440 g/mol. The molecule has 0 fully saturated rings. The Morgan fingerprint density at radius 3 is 2.64 bits per heavy atom. The smallest absolute Gasteiger partial charge is 0.267 e. The largest absolute Gasteiger partial charge is 0.475 e. The van der Waals surface area contributed by atoms with E-state index in [0.29, 0.717) is 35.5 Å². The summed E-state index contributed by atoms with van der Waals surface area (Å²) in [5, 5.41) is 29.2. The van der Waals surface area contributed by atoms with Crippen molar-refractivity contribution in [1.82, 2.24) is 15.1 Å². The lowest BCUT2D eigenvalue weighted by molar-refractivity contribution is -0.125. The standard InChI is InChI=1S/C25H24N6O2/c1-16(2)31-15-20(14-29-31)22(28-11-10-17-6-8-18(12-26)9-7-17)24-25(32)30-21-5-3-4-19(13-27)23(21)33-24/h3-9,14-16,22,24,28H,10-11H2,1-2H3,(H,30,32)/t22-,24+/m1/s1. The highest BCUT2D eigenvalue weighted by atomic mass is 16.5. The maximum atomic E-state index is 13.0. The SMILES string of the molecule is CC(C)n1cc([C@@H](NCCc2ccc(C#N)cc2)[C@@H]2Oc3c(C#N)cccc3NC2=O)cn1. The van der Waals surface area contributed by atoms with Crippen molar-refractivity contribution in [3.05, 3.63) is 77.1 Å². The van der Waals surface area contributed by atoms with Crippen molar-refractivity contribution in [2.75, 3.05) is 11.9 Å². The van der Waals surface area contributed by atoms with Crippen molar-refractivity contribution in [2.45, 2.75) is 38.5 Å². The van der Waals surface area contributed by atoms with Crippen molar-refractivity contribution >= 4 is 11.6 Å². The molecule has 4 rings (SSSR count). The van der Waals surface area contributed by atoms with Gasteiger partial charge in [-0.05, 0) is 56.6 Å². The second-order valence-electron chi connectivity index (χ2n) is 8.16. The van der Waals surface area contributed by atoms with Gasteiger partial charge in [-0.2, -0.15) is 15.6 Å². The van der Waals surface area contributed by atoms with Crippen LogP contribution in [-0.2, 0) is 11.2 Å².